The predicted molar refractivity (Wildman–Crippen MR) is 109 cm³/mol. The highest BCUT2D eigenvalue weighted by Crippen LogP contribution is 2.35. The number of nitro groups is 1. The van der Waals surface area contributed by atoms with Gasteiger partial charge < -0.3 is 10.1 Å². The van der Waals surface area contributed by atoms with Crippen molar-refractivity contribution in [2.75, 3.05) is 27.2 Å². The fourth-order valence-corrected chi connectivity index (χ4v) is 4.78. The van der Waals surface area contributed by atoms with Gasteiger partial charge in [-0.15, -0.1) is 11.3 Å². The van der Waals surface area contributed by atoms with Gasteiger partial charge in [0.15, 0.2) is 0 Å². The molecule has 0 spiro atoms. The lowest BCUT2D eigenvalue weighted by Gasteiger charge is -2.39. The number of piperidine rings is 1. The molecule has 1 amide bonds. The molecule has 1 N–H and O–H groups in total. The van der Waals surface area contributed by atoms with Crippen molar-refractivity contribution in [2.45, 2.75) is 25.8 Å². The number of amides is 1. The topological polar surface area (TPSA) is 84.7 Å². The van der Waals surface area contributed by atoms with Crippen molar-refractivity contribution in [1.82, 2.24) is 10.2 Å². The molecule has 1 aliphatic heterocycles. The molecule has 0 radical (unpaired) electrons. The lowest BCUT2D eigenvalue weighted by Crippen LogP contribution is -2.41. The smallest absolute Gasteiger partial charge is 0.283 e. The van der Waals surface area contributed by atoms with Gasteiger partial charge in [0.25, 0.3) is 11.6 Å². The Morgan fingerprint density at radius 2 is 2.11 bits per heavy atom. The number of hydrogen-bond donors (Lipinski definition) is 1. The van der Waals surface area contributed by atoms with Gasteiger partial charge in [0.1, 0.15) is 5.75 Å². The summed E-state index contributed by atoms with van der Waals surface area (Å²) in [4.78, 5) is 26.3. The zero-order valence-corrected chi connectivity index (χ0v) is 17.1. The van der Waals surface area contributed by atoms with Crippen LogP contribution in [0.25, 0.3) is 0 Å². The molecule has 1 aliphatic rings. The van der Waals surface area contributed by atoms with Crippen LogP contribution >= 0.6 is 11.3 Å². The number of carbonyl (C=O) groups excluding carboxylic acids is 1. The number of nitrogens with one attached hydrogen (secondary N) is 1. The Kier molecular flexibility index (Phi) is 6.31. The van der Waals surface area contributed by atoms with Crippen LogP contribution in [0.15, 0.2) is 30.3 Å². The van der Waals surface area contributed by atoms with Gasteiger partial charge >= 0.3 is 0 Å². The number of likely N-dealkylation sites (tertiary alicyclic amines) is 1. The number of rotatable bonds is 6. The van der Waals surface area contributed by atoms with Crippen molar-refractivity contribution < 1.29 is 14.5 Å². The lowest BCUT2D eigenvalue weighted by molar-refractivity contribution is -0.385. The van der Waals surface area contributed by atoms with E-state index in [2.05, 4.69) is 29.4 Å². The van der Waals surface area contributed by atoms with E-state index in [0.717, 1.165) is 36.5 Å². The summed E-state index contributed by atoms with van der Waals surface area (Å²) in [5.74, 6) is 0.844. The zero-order valence-electron chi connectivity index (χ0n) is 16.3. The number of carbonyl (C=O) groups is 1. The van der Waals surface area contributed by atoms with Gasteiger partial charge in [-0.05, 0) is 57.0 Å². The predicted octanol–water partition coefficient (Wildman–Crippen LogP) is 3.79. The number of ether oxygens (including phenoxy) is 1. The molecule has 1 aromatic heterocycles. The first kappa shape index (κ1) is 20.3. The fourth-order valence-electron chi connectivity index (χ4n) is 3.88. The van der Waals surface area contributed by atoms with E-state index in [1.807, 2.05) is 12.1 Å². The summed E-state index contributed by atoms with van der Waals surface area (Å²) in [5, 5.41) is 14.0. The molecule has 28 heavy (non-hydrogen) atoms. The van der Waals surface area contributed by atoms with Crippen LogP contribution in [0.4, 0.5) is 5.69 Å². The lowest BCUT2D eigenvalue weighted by atomic mass is 9.85. The minimum atomic E-state index is -0.446. The van der Waals surface area contributed by atoms with Gasteiger partial charge in [-0.3, -0.25) is 19.8 Å². The van der Waals surface area contributed by atoms with Gasteiger partial charge in [-0.25, -0.2) is 0 Å². The minimum absolute atomic E-state index is 0.00339. The molecule has 1 saturated heterocycles. The van der Waals surface area contributed by atoms with Crippen LogP contribution in [0, 0.1) is 23.0 Å². The molecule has 2 unspecified atom stereocenters. The molecule has 7 nitrogen and oxygen atoms in total. The number of nitrogens with zero attached hydrogens (tertiary/aromatic N) is 2. The number of hydrogen-bond acceptors (Lipinski definition) is 6. The van der Waals surface area contributed by atoms with Gasteiger partial charge in [0.05, 0.1) is 21.8 Å². The maximum Gasteiger partial charge on any atom is 0.283 e. The first-order valence-corrected chi connectivity index (χ1v) is 10.1. The Labute approximate surface area is 168 Å². The molecule has 1 aromatic carbocycles. The van der Waals surface area contributed by atoms with E-state index in [1.165, 1.54) is 11.6 Å². The maximum atomic E-state index is 12.5. The fraction of sp³-hybridized carbons (Fsp3) is 0.450. The molecule has 2 aromatic rings. The second-order valence-corrected chi connectivity index (χ2v) is 8.38. The average Bonchev–Trinajstić information content (AvgIpc) is 3.08. The quantitative estimate of drug-likeness (QED) is 0.586. The van der Waals surface area contributed by atoms with Crippen molar-refractivity contribution in [3.05, 3.63) is 55.8 Å². The molecule has 3 rings (SSSR count). The van der Waals surface area contributed by atoms with Crippen LogP contribution in [0.3, 0.4) is 0 Å². The maximum absolute atomic E-state index is 12.5. The summed E-state index contributed by atoms with van der Waals surface area (Å²) in [7, 11) is 3.76. The summed E-state index contributed by atoms with van der Waals surface area (Å²) in [6.45, 7) is 3.21. The van der Waals surface area contributed by atoms with Gasteiger partial charge in [-0.1, -0.05) is 12.1 Å². The Bertz CT molecular complexity index is 850. The van der Waals surface area contributed by atoms with Crippen LogP contribution in [0.1, 0.15) is 39.0 Å². The SMILES string of the molecule is COc1ccc(C2C(CNC(=O)c3cc([N+](=O)[O-])c(C)s3)CCCN2C)cc1. The molecule has 0 aliphatic carbocycles. The third-order valence-electron chi connectivity index (χ3n) is 5.30. The second kappa shape index (κ2) is 8.70. The highest BCUT2D eigenvalue weighted by molar-refractivity contribution is 7.14. The van der Waals surface area contributed by atoms with Gasteiger partial charge in [-0.2, -0.15) is 0 Å². The Morgan fingerprint density at radius 3 is 2.71 bits per heavy atom. The minimum Gasteiger partial charge on any atom is -0.497 e. The standard InChI is InChI=1S/C20H25N3O4S/c1-13-17(23(25)26)11-18(28-13)20(24)21-12-15-5-4-10-22(2)19(15)14-6-8-16(27-3)9-7-14/h6-9,11,15,19H,4-5,10,12H2,1-3H3,(H,21,24). The summed E-state index contributed by atoms with van der Waals surface area (Å²) >= 11 is 1.16. The van der Waals surface area contributed by atoms with Crippen molar-refractivity contribution >= 4 is 22.9 Å². The van der Waals surface area contributed by atoms with Crippen LogP contribution in [0.2, 0.25) is 0 Å². The van der Waals surface area contributed by atoms with Crippen LogP contribution in [0.5, 0.6) is 5.75 Å². The molecular formula is C20H25N3O4S. The second-order valence-electron chi connectivity index (χ2n) is 7.12. The largest absolute Gasteiger partial charge is 0.497 e. The normalized spacial score (nSPS) is 20.0. The van der Waals surface area contributed by atoms with Crippen molar-refractivity contribution in [3.63, 3.8) is 0 Å². The van der Waals surface area contributed by atoms with Crippen LogP contribution in [-0.4, -0.2) is 43.0 Å². The van der Waals surface area contributed by atoms with Crippen molar-refractivity contribution in [3.8, 4) is 5.75 Å². The summed E-state index contributed by atoms with van der Waals surface area (Å²) in [6, 6.07) is 9.64. The van der Waals surface area contributed by atoms with Gasteiger partial charge in [0.2, 0.25) is 0 Å². The van der Waals surface area contributed by atoms with E-state index in [4.69, 9.17) is 4.74 Å². The summed E-state index contributed by atoms with van der Waals surface area (Å²) < 4.78 is 5.25. The number of thiophene rings is 1. The molecule has 0 saturated carbocycles. The van der Waals surface area contributed by atoms with Gasteiger partial charge in [0, 0.05) is 18.7 Å². The van der Waals surface area contributed by atoms with Crippen LogP contribution < -0.4 is 10.1 Å². The highest BCUT2D eigenvalue weighted by Gasteiger charge is 2.31. The summed E-state index contributed by atoms with van der Waals surface area (Å²) in [5.41, 5.74) is 1.20. The van der Waals surface area contributed by atoms with E-state index in [0.29, 0.717) is 16.3 Å². The molecule has 8 heteroatoms. The highest BCUT2D eigenvalue weighted by atomic mass is 32.1. The zero-order chi connectivity index (χ0) is 20.3. The Morgan fingerprint density at radius 1 is 1.39 bits per heavy atom. The molecule has 2 heterocycles. The molecule has 2 atom stereocenters. The van der Waals surface area contributed by atoms with E-state index in [1.54, 1.807) is 14.0 Å². The average molecular weight is 404 g/mol. The number of benzene rings is 1. The first-order chi connectivity index (χ1) is 13.4. The number of aryl methyl sites for hydroxylation is 1. The molecular weight excluding hydrogens is 378 g/mol. The Balaban J connectivity index is 1.71. The monoisotopic (exact) mass is 403 g/mol. The summed E-state index contributed by atoms with van der Waals surface area (Å²) in [6.07, 6.45) is 2.10. The third kappa shape index (κ3) is 4.34. The van der Waals surface area contributed by atoms with E-state index >= 15 is 0 Å². The van der Waals surface area contributed by atoms with E-state index < -0.39 is 4.92 Å². The molecule has 1 fully saturated rings. The number of methoxy groups -OCH3 is 1. The van der Waals surface area contributed by atoms with Crippen LogP contribution in [-0.2, 0) is 0 Å². The first-order valence-electron chi connectivity index (χ1n) is 9.28. The van der Waals surface area contributed by atoms with Crippen molar-refractivity contribution in [1.29, 1.82) is 0 Å². The van der Waals surface area contributed by atoms with E-state index in [-0.39, 0.29) is 23.6 Å². The molecule has 0 bridgehead atoms. The van der Waals surface area contributed by atoms with Crippen molar-refractivity contribution in [2.24, 2.45) is 5.92 Å². The Hall–Kier alpha value is -2.45. The van der Waals surface area contributed by atoms with E-state index in [9.17, 15) is 14.9 Å². The molecule has 150 valence electrons. The third-order valence-corrected chi connectivity index (χ3v) is 6.34.